The molecule has 0 atom stereocenters. The summed E-state index contributed by atoms with van der Waals surface area (Å²) in [6.07, 6.45) is 4.08. The summed E-state index contributed by atoms with van der Waals surface area (Å²) < 4.78 is 22.4. The van der Waals surface area contributed by atoms with Gasteiger partial charge in [-0.15, -0.1) is 0 Å². The largest absolute Gasteiger partial charge is 0.444 e. The Morgan fingerprint density at radius 3 is 2.27 bits per heavy atom. The van der Waals surface area contributed by atoms with E-state index < -0.39 is 5.60 Å². The Kier molecular flexibility index (Phi) is 8.60. The maximum atomic E-state index is 12.0. The maximum Gasteiger partial charge on any atom is 0.410 e. The van der Waals surface area contributed by atoms with E-state index >= 15 is 0 Å². The van der Waals surface area contributed by atoms with E-state index in [-0.39, 0.29) is 24.4 Å². The van der Waals surface area contributed by atoms with Gasteiger partial charge in [-0.3, -0.25) is 0 Å². The Balaban J connectivity index is 1.41. The van der Waals surface area contributed by atoms with Crippen molar-refractivity contribution in [2.75, 3.05) is 39.5 Å². The van der Waals surface area contributed by atoms with Crippen LogP contribution in [-0.4, -0.2) is 79.5 Å². The number of likely N-dealkylation sites (tertiary alicyclic amines) is 1. The van der Waals surface area contributed by atoms with Gasteiger partial charge in [0.25, 0.3) is 0 Å². The molecular formula is C19H35NO6. The van der Waals surface area contributed by atoms with E-state index in [1.165, 1.54) is 0 Å². The molecule has 0 unspecified atom stereocenters. The first-order chi connectivity index (χ1) is 12.3. The molecule has 1 amide bonds. The lowest BCUT2D eigenvalue weighted by atomic mass is 9.92. The van der Waals surface area contributed by atoms with Gasteiger partial charge in [0.2, 0.25) is 0 Å². The van der Waals surface area contributed by atoms with Crippen LogP contribution in [-0.2, 0) is 18.9 Å². The van der Waals surface area contributed by atoms with Gasteiger partial charge in [0.1, 0.15) is 5.60 Å². The fraction of sp³-hybridized carbons (Fsp3) is 0.947. The quantitative estimate of drug-likeness (QED) is 0.625. The molecule has 152 valence electrons. The highest BCUT2D eigenvalue weighted by Crippen LogP contribution is 2.22. The third kappa shape index (κ3) is 8.20. The molecule has 0 aromatic heterocycles. The van der Waals surface area contributed by atoms with E-state index in [1.807, 2.05) is 20.8 Å². The molecule has 26 heavy (non-hydrogen) atoms. The Hall–Kier alpha value is -0.890. The number of piperidine rings is 1. The van der Waals surface area contributed by atoms with Gasteiger partial charge in [0.05, 0.1) is 31.5 Å². The van der Waals surface area contributed by atoms with E-state index in [9.17, 15) is 4.79 Å². The second kappa shape index (κ2) is 10.4. The smallest absolute Gasteiger partial charge is 0.410 e. The predicted molar refractivity (Wildman–Crippen MR) is 97.2 cm³/mol. The topological polar surface area (TPSA) is 77.5 Å². The SMILES string of the molecule is CC(C)(C)OC(=O)N1CCC(OCCOCCCOC2CC(O)C2)CC1. The molecule has 1 heterocycles. The summed E-state index contributed by atoms with van der Waals surface area (Å²) in [6, 6.07) is 0. The van der Waals surface area contributed by atoms with Gasteiger partial charge in [-0.1, -0.05) is 0 Å². The molecule has 1 aliphatic heterocycles. The highest BCUT2D eigenvalue weighted by molar-refractivity contribution is 5.68. The number of hydrogen-bond donors (Lipinski definition) is 1. The highest BCUT2D eigenvalue weighted by atomic mass is 16.6. The minimum atomic E-state index is -0.452. The van der Waals surface area contributed by atoms with Crippen molar-refractivity contribution >= 4 is 6.09 Å². The molecule has 7 heteroatoms. The summed E-state index contributed by atoms with van der Waals surface area (Å²) in [5, 5.41) is 9.17. The molecular weight excluding hydrogens is 338 g/mol. The van der Waals surface area contributed by atoms with Gasteiger partial charge in [-0.2, -0.15) is 0 Å². The normalized spacial score (nSPS) is 24.4. The van der Waals surface area contributed by atoms with Crippen molar-refractivity contribution in [2.24, 2.45) is 0 Å². The first-order valence-corrected chi connectivity index (χ1v) is 9.80. The minimum absolute atomic E-state index is 0.163. The van der Waals surface area contributed by atoms with Crippen molar-refractivity contribution in [3.05, 3.63) is 0 Å². The lowest BCUT2D eigenvalue weighted by molar-refractivity contribution is -0.0761. The highest BCUT2D eigenvalue weighted by Gasteiger charge is 2.28. The standard InChI is InChI=1S/C19H35NO6/c1-19(2,3)26-18(22)20-7-5-16(6-8-20)25-12-11-23-9-4-10-24-17-13-15(21)14-17/h15-17,21H,4-14H2,1-3H3. The first-order valence-electron chi connectivity index (χ1n) is 9.80. The molecule has 1 N–H and O–H groups in total. The van der Waals surface area contributed by atoms with Crippen molar-refractivity contribution < 1.29 is 28.8 Å². The molecule has 0 aromatic rings. The molecule has 1 saturated heterocycles. The number of rotatable bonds is 9. The van der Waals surface area contributed by atoms with Gasteiger partial charge < -0.3 is 29.0 Å². The fourth-order valence-electron chi connectivity index (χ4n) is 2.99. The van der Waals surface area contributed by atoms with Crippen molar-refractivity contribution in [3.63, 3.8) is 0 Å². The van der Waals surface area contributed by atoms with Crippen LogP contribution < -0.4 is 0 Å². The van der Waals surface area contributed by atoms with Gasteiger partial charge in [0, 0.05) is 26.3 Å². The second-order valence-corrected chi connectivity index (χ2v) is 8.12. The third-order valence-electron chi connectivity index (χ3n) is 4.53. The number of carbonyl (C=O) groups is 1. The fourth-order valence-corrected chi connectivity index (χ4v) is 2.99. The molecule has 0 radical (unpaired) electrons. The number of amides is 1. The molecule has 0 bridgehead atoms. The van der Waals surface area contributed by atoms with Crippen LogP contribution in [0.4, 0.5) is 4.79 Å². The summed E-state index contributed by atoms with van der Waals surface area (Å²) in [5.41, 5.74) is -0.452. The van der Waals surface area contributed by atoms with Gasteiger partial charge in [-0.05, 0) is 52.9 Å². The van der Waals surface area contributed by atoms with Crippen LogP contribution in [0.15, 0.2) is 0 Å². The van der Waals surface area contributed by atoms with Crippen molar-refractivity contribution in [1.82, 2.24) is 4.90 Å². The number of aliphatic hydroxyl groups excluding tert-OH is 1. The number of ether oxygens (including phenoxy) is 4. The van der Waals surface area contributed by atoms with E-state index in [4.69, 9.17) is 24.1 Å². The number of carbonyl (C=O) groups excluding carboxylic acids is 1. The summed E-state index contributed by atoms with van der Waals surface area (Å²) in [5.74, 6) is 0. The molecule has 0 aromatic carbocycles. The average molecular weight is 373 g/mol. The molecule has 1 aliphatic carbocycles. The zero-order chi connectivity index (χ0) is 19.0. The Bertz CT molecular complexity index is 411. The summed E-state index contributed by atoms with van der Waals surface area (Å²) in [6.45, 7) is 9.49. The van der Waals surface area contributed by atoms with Gasteiger partial charge in [-0.25, -0.2) is 4.79 Å². The summed E-state index contributed by atoms with van der Waals surface area (Å²) >= 11 is 0. The van der Waals surface area contributed by atoms with Crippen LogP contribution >= 0.6 is 0 Å². The van der Waals surface area contributed by atoms with Crippen LogP contribution in [0.3, 0.4) is 0 Å². The van der Waals surface area contributed by atoms with Gasteiger partial charge in [0.15, 0.2) is 0 Å². The van der Waals surface area contributed by atoms with Gasteiger partial charge >= 0.3 is 6.09 Å². The van der Waals surface area contributed by atoms with Crippen LogP contribution in [0.25, 0.3) is 0 Å². The molecule has 7 nitrogen and oxygen atoms in total. The van der Waals surface area contributed by atoms with Crippen LogP contribution in [0.2, 0.25) is 0 Å². The van der Waals surface area contributed by atoms with E-state index in [1.54, 1.807) is 4.90 Å². The Morgan fingerprint density at radius 1 is 1.00 bits per heavy atom. The third-order valence-corrected chi connectivity index (χ3v) is 4.53. The van der Waals surface area contributed by atoms with Crippen molar-refractivity contribution in [1.29, 1.82) is 0 Å². The Morgan fingerprint density at radius 2 is 1.65 bits per heavy atom. The molecule has 2 aliphatic rings. The lowest BCUT2D eigenvalue weighted by Gasteiger charge is -2.33. The monoisotopic (exact) mass is 373 g/mol. The second-order valence-electron chi connectivity index (χ2n) is 8.12. The summed E-state index contributed by atoms with van der Waals surface area (Å²) in [4.78, 5) is 13.8. The lowest BCUT2D eigenvalue weighted by Crippen LogP contribution is -2.43. The minimum Gasteiger partial charge on any atom is -0.444 e. The maximum absolute atomic E-state index is 12.0. The molecule has 0 spiro atoms. The predicted octanol–water partition coefficient (Wildman–Crippen LogP) is 2.35. The van der Waals surface area contributed by atoms with E-state index in [2.05, 4.69) is 0 Å². The molecule has 1 saturated carbocycles. The van der Waals surface area contributed by atoms with E-state index in [0.29, 0.717) is 39.5 Å². The van der Waals surface area contributed by atoms with E-state index in [0.717, 1.165) is 32.1 Å². The Labute approximate surface area is 156 Å². The van der Waals surface area contributed by atoms with Crippen LogP contribution in [0, 0.1) is 0 Å². The molecule has 2 fully saturated rings. The van der Waals surface area contributed by atoms with Crippen LogP contribution in [0.1, 0.15) is 52.9 Å². The number of nitrogens with zero attached hydrogens (tertiary/aromatic N) is 1. The van der Waals surface area contributed by atoms with Crippen LogP contribution in [0.5, 0.6) is 0 Å². The number of aliphatic hydroxyl groups is 1. The van der Waals surface area contributed by atoms with Crippen molar-refractivity contribution in [3.8, 4) is 0 Å². The number of hydrogen-bond acceptors (Lipinski definition) is 6. The van der Waals surface area contributed by atoms with Crippen molar-refractivity contribution in [2.45, 2.75) is 76.8 Å². The molecule has 2 rings (SSSR count). The zero-order valence-electron chi connectivity index (χ0n) is 16.4. The average Bonchev–Trinajstić information content (AvgIpc) is 2.54. The first kappa shape index (κ1) is 21.4. The zero-order valence-corrected chi connectivity index (χ0v) is 16.4. The summed E-state index contributed by atoms with van der Waals surface area (Å²) in [7, 11) is 0.